The van der Waals surface area contributed by atoms with Crippen molar-refractivity contribution >= 4 is 17.6 Å². The maximum Gasteiger partial charge on any atom is 0.416 e. The average molecular weight is 315 g/mol. The summed E-state index contributed by atoms with van der Waals surface area (Å²) in [5.74, 6) is -1.41. The Morgan fingerprint density at radius 3 is 2.43 bits per heavy atom. The number of rotatable bonds is 2. The average Bonchev–Trinajstić information content (AvgIpc) is 2.40. The van der Waals surface area contributed by atoms with Crippen LogP contribution in [0.4, 0.5) is 13.2 Å². The molecular formula is C15H10ClF3O2. The number of benzene rings is 2. The minimum Gasteiger partial charge on any atom is -0.478 e. The van der Waals surface area contributed by atoms with Crippen LogP contribution < -0.4 is 0 Å². The SMILES string of the molecule is Cc1c(Cl)cccc1-c1cc(C(=O)O)cc(C(F)(F)F)c1. The Bertz CT molecular complexity index is 709. The molecular weight excluding hydrogens is 305 g/mol. The molecule has 0 aromatic heterocycles. The van der Waals surface area contributed by atoms with Gasteiger partial charge in [0, 0.05) is 5.02 Å². The monoisotopic (exact) mass is 314 g/mol. The van der Waals surface area contributed by atoms with Gasteiger partial charge in [-0.1, -0.05) is 23.7 Å². The smallest absolute Gasteiger partial charge is 0.416 e. The zero-order chi connectivity index (χ0) is 15.8. The minimum atomic E-state index is -4.62. The molecule has 0 aliphatic rings. The van der Waals surface area contributed by atoms with E-state index < -0.39 is 23.3 Å². The van der Waals surface area contributed by atoms with Crippen molar-refractivity contribution in [2.45, 2.75) is 13.1 Å². The van der Waals surface area contributed by atoms with Crippen molar-refractivity contribution in [3.63, 3.8) is 0 Å². The third-order valence-corrected chi connectivity index (χ3v) is 3.50. The Morgan fingerprint density at radius 2 is 1.86 bits per heavy atom. The summed E-state index contributed by atoms with van der Waals surface area (Å²) < 4.78 is 38.7. The van der Waals surface area contributed by atoms with Crippen LogP contribution in [0.1, 0.15) is 21.5 Å². The lowest BCUT2D eigenvalue weighted by molar-refractivity contribution is -0.137. The van der Waals surface area contributed by atoms with E-state index in [9.17, 15) is 18.0 Å². The number of hydrogen-bond acceptors (Lipinski definition) is 1. The van der Waals surface area contributed by atoms with Crippen molar-refractivity contribution in [2.75, 3.05) is 0 Å². The van der Waals surface area contributed by atoms with Crippen molar-refractivity contribution in [1.82, 2.24) is 0 Å². The van der Waals surface area contributed by atoms with Crippen LogP contribution in [0.3, 0.4) is 0 Å². The number of carboxylic acid groups (broad SMARTS) is 1. The first-order chi connectivity index (χ1) is 9.70. The fraction of sp³-hybridized carbons (Fsp3) is 0.133. The predicted octanol–water partition coefficient (Wildman–Crippen LogP) is 5.03. The zero-order valence-electron chi connectivity index (χ0n) is 10.8. The second kappa shape index (κ2) is 5.41. The number of carboxylic acids is 1. The zero-order valence-corrected chi connectivity index (χ0v) is 11.6. The largest absolute Gasteiger partial charge is 0.478 e. The van der Waals surface area contributed by atoms with E-state index in [-0.39, 0.29) is 5.56 Å². The van der Waals surface area contributed by atoms with Gasteiger partial charge in [-0.25, -0.2) is 4.79 Å². The Hall–Kier alpha value is -2.01. The molecule has 21 heavy (non-hydrogen) atoms. The van der Waals surface area contributed by atoms with Crippen LogP contribution >= 0.6 is 11.6 Å². The van der Waals surface area contributed by atoms with E-state index in [1.165, 1.54) is 6.07 Å². The molecule has 0 spiro atoms. The standard InChI is InChI=1S/C15H10ClF3O2/c1-8-12(3-2-4-13(8)16)9-5-10(14(20)21)7-11(6-9)15(17,18)19/h2-7H,1H3,(H,20,21). The highest BCUT2D eigenvalue weighted by molar-refractivity contribution is 6.31. The first-order valence-corrected chi connectivity index (χ1v) is 6.29. The highest BCUT2D eigenvalue weighted by Crippen LogP contribution is 2.35. The Morgan fingerprint density at radius 1 is 1.19 bits per heavy atom. The molecule has 0 heterocycles. The number of halogens is 4. The number of hydrogen-bond donors (Lipinski definition) is 1. The molecule has 0 aliphatic carbocycles. The third-order valence-electron chi connectivity index (χ3n) is 3.09. The molecule has 0 atom stereocenters. The Kier molecular flexibility index (Phi) is 3.96. The molecule has 0 unspecified atom stereocenters. The molecule has 2 nitrogen and oxygen atoms in total. The minimum absolute atomic E-state index is 0.169. The molecule has 2 rings (SSSR count). The van der Waals surface area contributed by atoms with Crippen molar-refractivity contribution in [2.24, 2.45) is 0 Å². The van der Waals surface area contributed by atoms with E-state index >= 15 is 0 Å². The quantitative estimate of drug-likeness (QED) is 0.844. The first-order valence-electron chi connectivity index (χ1n) is 5.91. The highest BCUT2D eigenvalue weighted by atomic mass is 35.5. The Labute approximate surface area is 123 Å². The Balaban J connectivity index is 2.71. The first kappa shape index (κ1) is 15.4. The van der Waals surface area contributed by atoms with Gasteiger partial charge in [0.1, 0.15) is 0 Å². The summed E-state index contributed by atoms with van der Waals surface area (Å²) in [6.45, 7) is 1.67. The van der Waals surface area contributed by atoms with Gasteiger partial charge in [0.2, 0.25) is 0 Å². The maximum absolute atomic E-state index is 12.9. The topological polar surface area (TPSA) is 37.3 Å². The normalized spacial score (nSPS) is 11.5. The van der Waals surface area contributed by atoms with Crippen molar-refractivity contribution < 1.29 is 23.1 Å². The molecule has 0 saturated carbocycles. The van der Waals surface area contributed by atoms with Gasteiger partial charge in [-0.3, -0.25) is 0 Å². The van der Waals surface area contributed by atoms with Crippen molar-refractivity contribution in [3.05, 3.63) is 58.1 Å². The highest BCUT2D eigenvalue weighted by Gasteiger charge is 2.32. The maximum atomic E-state index is 12.9. The van der Waals surface area contributed by atoms with Gasteiger partial charge >= 0.3 is 12.1 Å². The molecule has 0 radical (unpaired) electrons. The van der Waals surface area contributed by atoms with Crippen LogP contribution in [-0.4, -0.2) is 11.1 Å². The summed E-state index contributed by atoms with van der Waals surface area (Å²) in [4.78, 5) is 11.0. The van der Waals surface area contributed by atoms with Crippen LogP contribution in [-0.2, 0) is 6.18 Å². The molecule has 0 bridgehead atoms. The van der Waals surface area contributed by atoms with Crippen LogP contribution in [0.15, 0.2) is 36.4 Å². The van der Waals surface area contributed by atoms with E-state index in [0.29, 0.717) is 22.2 Å². The van der Waals surface area contributed by atoms with Gasteiger partial charge in [0.05, 0.1) is 11.1 Å². The lowest BCUT2D eigenvalue weighted by Gasteiger charge is -2.13. The van der Waals surface area contributed by atoms with E-state index in [1.807, 2.05) is 0 Å². The summed E-state index contributed by atoms with van der Waals surface area (Å²) >= 11 is 5.96. The van der Waals surface area contributed by atoms with Crippen molar-refractivity contribution in [3.8, 4) is 11.1 Å². The van der Waals surface area contributed by atoms with Crippen LogP contribution in [0.25, 0.3) is 11.1 Å². The van der Waals surface area contributed by atoms with Crippen LogP contribution in [0.5, 0.6) is 0 Å². The molecule has 2 aromatic rings. The fourth-order valence-corrected chi connectivity index (χ4v) is 2.16. The summed E-state index contributed by atoms with van der Waals surface area (Å²) in [5.41, 5.74) is -0.191. The fourth-order valence-electron chi connectivity index (χ4n) is 1.99. The molecule has 110 valence electrons. The van der Waals surface area contributed by atoms with Gasteiger partial charge in [-0.05, 0) is 47.9 Å². The molecule has 0 aliphatic heterocycles. The summed E-state index contributed by atoms with van der Waals surface area (Å²) in [6, 6.07) is 7.56. The molecule has 0 saturated heterocycles. The van der Waals surface area contributed by atoms with Gasteiger partial charge in [-0.2, -0.15) is 13.2 Å². The van der Waals surface area contributed by atoms with E-state index in [1.54, 1.807) is 25.1 Å². The molecule has 2 aromatic carbocycles. The second-order valence-electron chi connectivity index (χ2n) is 4.51. The number of alkyl halides is 3. The van der Waals surface area contributed by atoms with Gasteiger partial charge < -0.3 is 5.11 Å². The van der Waals surface area contributed by atoms with Gasteiger partial charge in [-0.15, -0.1) is 0 Å². The van der Waals surface area contributed by atoms with Crippen molar-refractivity contribution in [1.29, 1.82) is 0 Å². The number of carbonyl (C=O) groups is 1. The predicted molar refractivity (Wildman–Crippen MR) is 73.6 cm³/mol. The van der Waals surface area contributed by atoms with Gasteiger partial charge in [0.25, 0.3) is 0 Å². The van der Waals surface area contributed by atoms with E-state index in [2.05, 4.69) is 0 Å². The lowest BCUT2D eigenvalue weighted by atomic mass is 9.96. The van der Waals surface area contributed by atoms with E-state index in [4.69, 9.17) is 16.7 Å². The van der Waals surface area contributed by atoms with E-state index in [0.717, 1.165) is 6.07 Å². The summed E-state index contributed by atoms with van der Waals surface area (Å²) in [7, 11) is 0. The molecule has 0 fully saturated rings. The molecule has 1 N–H and O–H groups in total. The molecule has 6 heteroatoms. The number of aromatic carboxylic acids is 1. The van der Waals surface area contributed by atoms with Crippen LogP contribution in [0.2, 0.25) is 5.02 Å². The summed E-state index contributed by atoms with van der Waals surface area (Å²) in [6.07, 6.45) is -4.62. The van der Waals surface area contributed by atoms with Gasteiger partial charge in [0.15, 0.2) is 0 Å². The second-order valence-corrected chi connectivity index (χ2v) is 4.92. The van der Waals surface area contributed by atoms with Crippen LogP contribution in [0, 0.1) is 6.92 Å². The lowest BCUT2D eigenvalue weighted by Crippen LogP contribution is -2.08. The molecule has 0 amide bonds. The summed E-state index contributed by atoms with van der Waals surface area (Å²) in [5, 5.41) is 9.38. The third kappa shape index (κ3) is 3.19.